The molecule has 0 fully saturated rings. The van der Waals surface area contributed by atoms with Gasteiger partial charge in [-0.3, -0.25) is 0 Å². The Morgan fingerprint density at radius 1 is 1.00 bits per heavy atom. The number of hydrogen-bond acceptors (Lipinski definition) is 6. The van der Waals surface area contributed by atoms with Gasteiger partial charge in [-0.25, -0.2) is 0 Å². The first-order chi connectivity index (χ1) is 15.7. The Morgan fingerprint density at radius 2 is 1.62 bits per heavy atom. The van der Waals surface area contributed by atoms with Crippen molar-refractivity contribution < 1.29 is 4.74 Å². The highest BCUT2D eigenvalue weighted by molar-refractivity contribution is 5.89. The third-order valence-corrected chi connectivity index (χ3v) is 5.31. The first kappa shape index (κ1) is 20.7. The number of nitrogens with zero attached hydrogens (tertiary/aromatic N) is 5. The summed E-state index contributed by atoms with van der Waals surface area (Å²) >= 11 is 0. The average molecular weight is 417 g/mol. The smallest absolute Gasteiger partial charge is 0.234 e. The van der Waals surface area contributed by atoms with Gasteiger partial charge in [-0.05, 0) is 29.7 Å². The molecule has 0 aliphatic carbocycles. The van der Waals surface area contributed by atoms with Crippen LogP contribution < -0.4 is 9.64 Å². The minimum Gasteiger partial charge on any atom is -0.477 e. The van der Waals surface area contributed by atoms with E-state index in [0.29, 0.717) is 36.6 Å². The van der Waals surface area contributed by atoms with E-state index in [2.05, 4.69) is 23.1 Å². The van der Waals surface area contributed by atoms with Crippen LogP contribution in [0.4, 0.5) is 5.82 Å². The molecule has 1 aliphatic rings. The summed E-state index contributed by atoms with van der Waals surface area (Å²) in [6, 6.07) is 23.7. The lowest BCUT2D eigenvalue weighted by atomic mass is 9.94. The van der Waals surface area contributed by atoms with Gasteiger partial charge in [0.05, 0.1) is 6.61 Å². The van der Waals surface area contributed by atoms with Crippen LogP contribution >= 0.6 is 0 Å². The number of nitriles is 3. The molecular formula is C26H19N5O. The molecule has 0 spiro atoms. The number of hydrogen-bond donors (Lipinski definition) is 0. The second-order valence-electron chi connectivity index (χ2n) is 7.22. The molecule has 4 rings (SSSR count). The SMILES string of the molecule is CCOc1nc(N2Cc3ccccc3C2)c(C=C(C#N)C#N)c(-c2ccccc2)c1C#N. The molecule has 6 nitrogen and oxygen atoms in total. The zero-order valence-electron chi connectivity index (χ0n) is 17.5. The van der Waals surface area contributed by atoms with Crippen LogP contribution in [-0.2, 0) is 13.1 Å². The number of pyridine rings is 1. The number of anilines is 1. The first-order valence-corrected chi connectivity index (χ1v) is 10.2. The van der Waals surface area contributed by atoms with Crippen molar-refractivity contribution in [1.29, 1.82) is 15.8 Å². The summed E-state index contributed by atoms with van der Waals surface area (Å²) in [7, 11) is 0. The highest BCUT2D eigenvalue weighted by Gasteiger charge is 2.27. The summed E-state index contributed by atoms with van der Waals surface area (Å²) in [5.41, 5.74) is 4.53. The molecule has 6 heteroatoms. The van der Waals surface area contributed by atoms with Crippen LogP contribution in [0, 0.1) is 34.0 Å². The maximum Gasteiger partial charge on any atom is 0.234 e. The van der Waals surface area contributed by atoms with E-state index in [1.54, 1.807) is 0 Å². The lowest BCUT2D eigenvalue weighted by Gasteiger charge is -2.23. The van der Waals surface area contributed by atoms with Crippen molar-refractivity contribution in [2.24, 2.45) is 0 Å². The van der Waals surface area contributed by atoms with Gasteiger partial charge in [0.15, 0.2) is 0 Å². The van der Waals surface area contributed by atoms with Crippen molar-refractivity contribution in [1.82, 2.24) is 4.98 Å². The average Bonchev–Trinajstić information content (AvgIpc) is 3.27. The Hall–Kier alpha value is -4.60. The zero-order valence-corrected chi connectivity index (χ0v) is 17.5. The van der Waals surface area contributed by atoms with Crippen LogP contribution in [-0.4, -0.2) is 11.6 Å². The Labute approximate surface area is 186 Å². The predicted octanol–water partition coefficient (Wildman–Crippen LogP) is 4.97. The lowest BCUT2D eigenvalue weighted by Crippen LogP contribution is -2.19. The van der Waals surface area contributed by atoms with E-state index in [4.69, 9.17) is 9.72 Å². The summed E-state index contributed by atoms with van der Waals surface area (Å²) in [6.45, 7) is 3.45. The largest absolute Gasteiger partial charge is 0.477 e. The topological polar surface area (TPSA) is 96.7 Å². The monoisotopic (exact) mass is 417 g/mol. The van der Waals surface area contributed by atoms with E-state index in [9.17, 15) is 15.8 Å². The van der Waals surface area contributed by atoms with E-state index < -0.39 is 0 Å². The Bertz CT molecular complexity index is 1280. The van der Waals surface area contributed by atoms with Crippen molar-refractivity contribution in [3.05, 3.63) is 82.4 Å². The van der Waals surface area contributed by atoms with E-state index in [1.165, 1.54) is 17.2 Å². The molecule has 0 unspecified atom stereocenters. The summed E-state index contributed by atoms with van der Waals surface area (Å²) in [6.07, 6.45) is 1.52. The Balaban J connectivity index is 2.04. The third kappa shape index (κ3) is 3.76. The fourth-order valence-corrected chi connectivity index (χ4v) is 3.91. The lowest BCUT2D eigenvalue weighted by molar-refractivity contribution is 0.326. The van der Waals surface area contributed by atoms with E-state index >= 15 is 0 Å². The third-order valence-electron chi connectivity index (χ3n) is 5.31. The van der Waals surface area contributed by atoms with Crippen LogP contribution in [0.25, 0.3) is 17.2 Å². The molecule has 0 saturated heterocycles. The van der Waals surface area contributed by atoms with Gasteiger partial charge in [0.2, 0.25) is 5.88 Å². The first-order valence-electron chi connectivity index (χ1n) is 10.2. The Morgan fingerprint density at radius 3 is 2.19 bits per heavy atom. The van der Waals surface area contributed by atoms with E-state index in [1.807, 2.05) is 61.5 Å². The molecule has 2 heterocycles. The normalized spacial score (nSPS) is 11.6. The number of rotatable bonds is 5. The summed E-state index contributed by atoms with van der Waals surface area (Å²) in [4.78, 5) is 6.81. The van der Waals surface area contributed by atoms with Gasteiger partial charge in [-0.1, -0.05) is 54.6 Å². The van der Waals surface area contributed by atoms with Crippen molar-refractivity contribution in [2.75, 3.05) is 11.5 Å². The fourth-order valence-electron chi connectivity index (χ4n) is 3.91. The predicted molar refractivity (Wildman–Crippen MR) is 121 cm³/mol. The molecule has 0 radical (unpaired) electrons. The summed E-state index contributed by atoms with van der Waals surface area (Å²) in [5, 5.41) is 28.9. The maximum atomic E-state index is 10.0. The molecule has 0 atom stereocenters. The zero-order chi connectivity index (χ0) is 22.5. The van der Waals surface area contributed by atoms with Gasteiger partial charge < -0.3 is 9.64 Å². The number of allylic oxidation sites excluding steroid dienone is 1. The summed E-state index contributed by atoms with van der Waals surface area (Å²) in [5.74, 6) is 0.818. The van der Waals surface area contributed by atoms with Crippen molar-refractivity contribution in [3.8, 4) is 35.2 Å². The fraction of sp³-hybridized carbons (Fsp3) is 0.154. The van der Waals surface area contributed by atoms with E-state index in [-0.39, 0.29) is 17.0 Å². The molecule has 32 heavy (non-hydrogen) atoms. The minimum atomic E-state index is -0.0602. The van der Waals surface area contributed by atoms with Crippen LogP contribution in [0.5, 0.6) is 5.88 Å². The van der Waals surface area contributed by atoms with Crippen molar-refractivity contribution >= 4 is 11.9 Å². The summed E-state index contributed by atoms with van der Waals surface area (Å²) < 4.78 is 5.77. The molecule has 3 aromatic rings. The molecular weight excluding hydrogens is 398 g/mol. The van der Waals surface area contributed by atoms with Gasteiger partial charge in [0.1, 0.15) is 35.2 Å². The minimum absolute atomic E-state index is 0.0602. The molecule has 0 saturated carbocycles. The van der Waals surface area contributed by atoms with Crippen molar-refractivity contribution in [3.63, 3.8) is 0 Å². The van der Waals surface area contributed by atoms with Crippen LogP contribution in [0.3, 0.4) is 0 Å². The number of aromatic nitrogens is 1. The van der Waals surface area contributed by atoms with Gasteiger partial charge in [0, 0.05) is 24.2 Å². The molecule has 154 valence electrons. The molecule has 1 aromatic heterocycles. The highest BCUT2D eigenvalue weighted by Crippen LogP contribution is 2.41. The molecule has 1 aliphatic heterocycles. The maximum absolute atomic E-state index is 10.0. The number of ether oxygens (including phenoxy) is 1. The van der Waals surface area contributed by atoms with Crippen molar-refractivity contribution in [2.45, 2.75) is 20.0 Å². The molecule has 0 bridgehead atoms. The molecule has 0 amide bonds. The molecule has 2 aromatic carbocycles. The number of benzene rings is 2. The van der Waals surface area contributed by atoms with Gasteiger partial charge >= 0.3 is 0 Å². The standard InChI is InChI=1S/C26H19N5O/c1-2-32-26-23(15-29)24(19-8-4-3-5-9-19)22(12-18(13-27)14-28)25(30-26)31-16-20-10-6-7-11-21(20)17-31/h3-12H,2,16-17H2,1H3. The Kier molecular flexibility index (Phi) is 5.84. The van der Waals surface area contributed by atoms with Gasteiger partial charge in [-0.2, -0.15) is 20.8 Å². The van der Waals surface area contributed by atoms with Gasteiger partial charge in [0.25, 0.3) is 0 Å². The molecule has 0 N–H and O–H groups in total. The quantitative estimate of drug-likeness (QED) is 0.544. The number of fused-ring (bicyclic) bond motifs is 1. The van der Waals surface area contributed by atoms with Gasteiger partial charge in [-0.15, -0.1) is 0 Å². The second-order valence-corrected chi connectivity index (χ2v) is 7.22. The van der Waals surface area contributed by atoms with Crippen LogP contribution in [0.2, 0.25) is 0 Å². The van der Waals surface area contributed by atoms with E-state index in [0.717, 1.165) is 5.56 Å². The highest BCUT2D eigenvalue weighted by atomic mass is 16.5. The second kappa shape index (κ2) is 9.04. The van der Waals surface area contributed by atoms with Crippen LogP contribution in [0.15, 0.2) is 60.2 Å². The van der Waals surface area contributed by atoms with Crippen LogP contribution in [0.1, 0.15) is 29.2 Å².